The van der Waals surface area contributed by atoms with Crippen molar-refractivity contribution in [2.75, 3.05) is 6.54 Å². The van der Waals surface area contributed by atoms with Gasteiger partial charge in [0.25, 0.3) is 0 Å². The lowest BCUT2D eigenvalue weighted by Crippen LogP contribution is -2.53. The Hall–Kier alpha value is -0.0800. The Balaban J connectivity index is 1.75. The third-order valence-electron chi connectivity index (χ3n) is 3.98. The van der Waals surface area contributed by atoms with E-state index >= 15 is 0 Å². The highest BCUT2D eigenvalue weighted by Gasteiger charge is 2.26. The maximum atomic E-state index is 3.66. The van der Waals surface area contributed by atoms with Crippen LogP contribution in [0.2, 0.25) is 0 Å². The van der Waals surface area contributed by atoms with Crippen molar-refractivity contribution in [2.45, 2.75) is 64.5 Å². The molecule has 1 saturated carbocycles. The van der Waals surface area contributed by atoms with E-state index in [1.807, 2.05) is 0 Å². The summed E-state index contributed by atoms with van der Waals surface area (Å²) in [5.41, 5.74) is 3.66. The molecule has 1 aliphatic carbocycles. The molecule has 2 aliphatic rings. The van der Waals surface area contributed by atoms with Crippen LogP contribution in [0.5, 0.6) is 0 Å². The highest BCUT2D eigenvalue weighted by atomic mass is 15.5. The molecule has 14 heavy (non-hydrogen) atoms. The van der Waals surface area contributed by atoms with Crippen LogP contribution >= 0.6 is 0 Å². The van der Waals surface area contributed by atoms with Gasteiger partial charge in [-0.2, -0.15) is 0 Å². The minimum absolute atomic E-state index is 0.735. The van der Waals surface area contributed by atoms with Crippen LogP contribution in [-0.4, -0.2) is 23.6 Å². The van der Waals surface area contributed by atoms with Crippen LogP contribution in [-0.2, 0) is 0 Å². The molecular weight excluding hydrogens is 172 g/mol. The zero-order chi connectivity index (χ0) is 9.97. The lowest BCUT2D eigenvalue weighted by Gasteiger charge is -2.40. The largest absolute Gasteiger partial charge is 0.254 e. The number of hydrogen-bond donors (Lipinski definition) is 1. The Bertz CT molecular complexity index is 167. The molecule has 2 rings (SSSR count). The van der Waals surface area contributed by atoms with Crippen molar-refractivity contribution >= 4 is 0 Å². The number of nitrogens with one attached hydrogen (secondary N) is 1. The summed E-state index contributed by atoms with van der Waals surface area (Å²) in [6.45, 7) is 5.92. The maximum Gasteiger partial charge on any atom is 0.0218 e. The van der Waals surface area contributed by atoms with E-state index in [-0.39, 0.29) is 0 Å². The molecule has 0 aromatic heterocycles. The molecule has 2 nitrogen and oxygen atoms in total. The van der Waals surface area contributed by atoms with Gasteiger partial charge in [-0.25, -0.2) is 5.01 Å². The second-order valence-corrected chi connectivity index (χ2v) is 5.20. The van der Waals surface area contributed by atoms with Gasteiger partial charge >= 0.3 is 0 Å². The fraction of sp³-hybridized carbons (Fsp3) is 1.00. The molecule has 1 saturated heterocycles. The van der Waals surface area contributed by atoms with Gasteiger partial charge in [-0.15, -0.1) is 0 Å². The Morgan fingerprint density at radius 1 is 1.00 bits per heavy atom. The highest BCUT2D eigenvalue weighted by molar-refractivity contribution is 4.78. The molecule has 1 aliphatic heterocycles. The molecule has 0 aromatic rings. The van der Waals surface area contributed by atoms with Crippen LogP contribution in [0.1, 0.15) is 52.4 Å². The van der Waals surface area contributed by atoms with E-state index in [4.69, 9.17) is 0 Å². The van der Waals surface area contributed by atoms with Gasteiger partial charge in [-0.05, 0) is 45.4 Å². The second-order valence-electron chi connectivity index (χ2n) is 5.20. The van der Waals surface area contributed by atoms with Gasteiger partial charge in [-0.1, -0.05) is 12.8 Å². The van der Waals surface area contributed by atoms with Gasteiger partial charge in [0.2, 0.25) is 0 Å². The second kappa shape index (κ2) is 4.63. The van der Waals surface area contributed by atoms with Gasteiger partial charge in [0.1, 0.15) is 0 Å². The topological polar surface area (TPSA) is 15.3 Å². The lowest BCUT2D eigenvalue weighted by atomic mass is 9.85. The summed E-state index contributed by atoms with van der Waals surface area (Å²) >= 11 is 0. The quantitative estimate of drug-likeness (QED) is 0.746. The standard InChI is InChI=1S/C12H24N2/c1-10-5-3-6-11(2)14(10)13-9-12-7-4-8-12/h10-13H,3-9H2,1-2H3. The predicted octanol–water partition coefficient (Wildman–Crippen LogP) is 2.55. The van der Waals surface area contributed by atoms with Crippen molar-refractivity contribution < 1.29 is 0 Å². The summed E-state index contributed by atoms with van der Waals surface area (Å²) in [6, 6.07) is 1.47. The summed E-state index contributed by atoms with van der Waals surface area (Å²) in [6.07, 6.45) is 8.48. The van der Waals surface area contributed by atoms with Crippen molar-refractivity contribution in [2.24, 2.45) is 5.92 Å². The number of rotatable bonds is 3. The predicted molar refractivity (Wildman–Crippen MR) is 60.0 cm³/mol. The fourth-order valence-electron chi connectivity index (χ4n) is 2.66. The highest BCUT2D eigenvalue weighted by Crippen LogP contribution is 2.26. The summed E-state index contributed by atoms with van der Waals surface area (Å²) in [5, 5.41) is 2.50. The Labute approximate surface area is 88.0 Å². The lowest BCUT2D eigenvalue weighted by molar-refractivity contribution is 0.0349. The maximum absolute atomic E-state index is 3.66. The number of nitrogens with zero attached hydrogens (tertiary/aromatic N) is 1. The molecule has 2 unspecified atom stereocenters. The van der Waals surface area contributed by atoms with Crippen LogP contribution in [0, 0.1) is 5.92 Å². The van der Waals surface area contributed by atoms with Crippen molar-refractivity contribution in [3.05, 3.63) is 0 Å². The minimum atomic E-state index is 0.735. The van der Waals surface area contributed by atoms with Crippen LogP contribution in [0.25, 0.3) is 0 Å². The van der Waals surface area contributed by atoms with Crippen LogP contribution in [0.4, 0.5) is 0 Å². The van der Waals surface area contributed by atoms with E-state index in [0.717, 1.165) is 18.0 Å². The first-order valence-corrected chi connectivity index (χ1v) is 6.29. The zero-order valence-corrected chi connectivity index (χ0v) is 9.63. The zero-order valence-electron chi connectivity index (χ0n) is 9.63. The molecule has 0 amide bonds. The Morgan fingerprint density at radius 3 is 2.07 bits per heavy atom. The van der Waals surface area contributed by atoms with E-state index in [1.165, 1.54) is 45.1 Å². The van der Waals surface area contributed by atoms with Crippen LogP contribution in [0.3, 0.4) is 0 Å². The third-order valence-corrected chi connectivity index (χ3v) is 3.98. The molecule has 0 aromatic carbocycles. The molecule has 2 atom stereocenters. The molecular formula is C12H24N2. The van der Waals surface area contributed by atoms with E-state index < -0.39 is 0 Å². The number of hydrazine groups is 1. The number of hydrogen-bond acceptors (Lipinski definition) is 2. The van der Waals surface area contributed by atoms with Crippen molar-refractivity contribution in [3.8, 4) is 0 Å². The summed E-state index contributed by atoms with van der Waals surface area (Å²) in [5.74, 6) is 0.969. The van der Waals surface area contributed by atoms with Gasteiger partial charge in [-0.3, -0.25) is 5.43 Å². The first-order valence-electron chi connectivity index (χ1n) is 6.29. The van der Waals surface area contributed by atoms with E-state index in [1.54, 1.807) is 0 Å². The molecule has 82 valence electrons. The monoisotopic (exact) mass is 196 g/mol. The SMILES string of the molecule is CC1CCCC(C)N1NCC1CCC1. The van der Waals surface area contributed by atoms with Crippen molar-refractivity contribution in [3.63, 3.8) is 0 Å². The van der Waals surface area contributed by atoms with Crippen LogP contribution in [0.15, 0.2) is 0 Å². The normalized spacial score (nSPS) is 35.6. The van der Waals surface area contributed by atoms with Crippen LogP contribution < -0.4 is 5.43 Å². The number of piperidine rings is 1. The molecule has 0 radical (unpaired) electrons. The molecule has 1 N–H and O–H groups in total. The average Bonchev–Trinajstić information content (AvgIpc) is 2.07. The average molecular weight is 196 g/mol. The molecule has 0 spiro atoms. The van der Waals surface area contributed by atoms with Crippen molar-refractivity contribution in [1.29, 1.82) is 0 Å². The summed E-state index contributed by atoms with van der Waals surface area (Å²) < 4.78 is 0. The smallest absolute Gasteiger partial charge is 0.0218 e. The van der Waals surface area contributed by atoms with Gasteiger partial charge in [0.15, 0.2) is 0 Å². The Kier molecular flexibility index (Phi) is 3.45. The molecule has 1 heterocycles. The van der Waals surface area contributed by atoms with Gasteiger partial charge < -0.3 is 0 Å². The Morgan fingerprint density at radius 2 is 1.57 bits per heavy atom. The summed E-state index contributed by atoms with van der Waals surface area (Å²) in [4.78, 5) is 0. The first-order chi connectivity index (χ1) is 6.77. The third kappa shape index (κ3) is 2.29. The summed E-state index contributed by atoms with van der Waals surface area (Å²) in [7, 11) is 0. The fourth-order valence-corrected chi connectivity index (χ4v) is 2.66. The minimum Gasteiger partial charge on any atom is -0.254 e. The molecule has 2 heteroatoms. The van der Waals surface area contributed by atoms with E-state index in [2.05, 4.69) is 24.3 Å². The first kappa shape index (κ1) is 10.4. The molecule has 0 bridgehead atoms. The van der Waals surface area contributed by atoms with Gasteiger partial charge in [0, 0.05) is 18.6 Å². The van der Waals surface area contributed by atoms with Crippen molar-refractivity contribution in [1.82, 2.24) is 10.4 Å². The van der Waals surface area contributed by atoms with Gasteiger partial charge in [0.05, 0.1) is 0 Å². The molecule has 2 fully saturated rings. The van der Waals surface area contributed by atoms with E-state index in [0.29, 0.717) is 0 Å². The van der Waals surface area contributed by atoms with E-state index in [9.17, 15) is 0 Å².